The Bertz CT molecular complexity index is 913. The van der Waals surface area contributed by atoms with Gasteiger partial charge in [0.1, 0.15) is 5.82 Å². The van der Waals surface area contributed by atoms with Crippen LogP contribution in [-0.2, 0) is 25.9 Å². The lowest BCUT2D eigenvalue weighted by Crippen LogP contribution is -2.41. The van der Waals surface area contributed by atoms with E-state index in [4.69, 9.17) is 9.31 Å². The molecular weight excluding hydrogens is 368 g/mol. The van der Waals surface area contributed by atoms with E-state index >= 15 is 0 Å². The topological polar surface area (TPSA) is 64.6 Å². The van der Waals surface area contributed by atoms with E-state index in [0.29, 0.717) is 0 Å². The summed E-state index contributed by atoms with van der Waals surface area (Å²) in [6, 6.07) is 12.2. The van der Waals surface area contributed by atoms with Crippen LogP contribution in [0.15, 0.2) is 53.4 Å². The zero-order valence-electron chi connectivity index (χ0n) is 15.8. The highest BCUT2D eigenvalue weighted by molar-refractivity contribution is 7.89. The Morgan fingerprint density at radius 2 is 1.59 bits per heavy atom. The second-order valence-electron chi connectivity index (χ2n) is 7.61. The van der Waals surface area contributed by atoms with E-state index in [1.807, 2.05) is 52.0 Å². The molecule has 0 amide bonds. The molecule has 1 aliphatic rings. The van der Waals surface area contributed by atoms with Crippen molar-refractivity contribution in [2.24, 2.45) is 0 Å². The SMILES string of the molecule is CC1(C)OB(c2ccc(CNS(=O)(=O)c3cccc(F)c3)cc2)OC1(C)C. The minimum atomic E-state index is -3.78. The van der Waals surface area contributed by atoms with Gasteiger partial charge in [-0.2, -0.15) is 0 Å². The van der Waals surface area contributed by atoms with Crippen molar-refractivity contribution in [1.82, 2.24) is 4.72 Å². The molecule has 0 atom stereocenters. The molecule has 0 radical (unpaired) electrons. The van der Waals surface area contributed by atoms with Gasteiger partial charge in [0.05, 0.1) is 16.1 Å². The summed E-state index contributed by atoms with van der Waals surface area (Å²) in [4.78, 5) is -0.101. The number of hydrogen-bond acceptors (Lipinski definition) is 4. The predicted molar refractivity (Wildman–Crippen MR) is 103 cm³/mol. The predicted octanol–water partition coefficient (Wildman–Crippen LogP) is 2.60. The van der Waals surface area contributed by atoms with Crippen LogP contribution in [0.2, 0.25) is 0 Å². The molecule has 0 aromatic heterocycles. The van der Waals surface area contributed by atoms with Crippen LogP contribution in [0.4, 0.5) is 4.39 Å². The lowest BCUT2D eigenvalue weighted by molar-refractivity contribution is 0.00578. The second kappa shape index (κ2) is 7.02. The monoisotopic (exact) mass is 391 g/mol. The molecule has 1 aliphatic heterocycles. The molecule has 0 unspecified atom stereocenters. The largest absolute Gasteiger partial charge is 0.494 e. The first-order valence-corrected chi connectivity index (χ1v) is 10.2. The zero-order chi connectivity index (χ0) is 19.9. The fraction of sp³-hybridized carbons (Fsp3) is 0.368. The minimum absolute atomic E-state index is 0.0997. The van der Waals surface area contributed by atoms with Gasteiger partial charge in [0.15, 0.2) is 0 Å². The van der Waals surface area contributed by atoms with Gasteiger partial charge in [0, 0.05) is 6.54 Å². The van der Waals surface area contributed by atoms with E-state index in [9.17, 15) is 12.8 Å². The van der Waals surface area contributed by atoms with Crippen molar-refractivity contribution < 1.29 is 22.1 Å². The molecule has 0 aliphatic carbocycles. The van der Waals surface area contributed by atoms with E-state index in [1.165, 1.54) is 18.2 Å². The van der Waals surface area contributed by atoms with Crippen LogP contribution in [0, 0.1) is 5.82 Å². The van der Waals surface area contributed by atoms with Crippen molar-refractivity contribution in [3.8, 4) is 0 Å². The van der Waals surface area contributed by atoms with Crippen molar-refractivity contribution in [3.05, 3.63) is 59.9 Å². The first-order chi connectivity index (χ1) is 12.5. The average Bonchev–Trinajstić information content (AvgIpc) is 2.81. The quantitative estimate of drug-likeness (QED) is 0.796. The molecule has 0 bridgehead atoms. The van der Waals surface area contributed by atoms with Gasteiger partial charge >= 0.3 is 7.12 Å². The summed E-state index contributed by atoms with van der Waals surface area (Å²) in [5.74, 6) is -0.593. The fourth-order valence-electron chi connectivity index (χ4n) is 2.67. The van der Waals surface area contributed by atoms with Crippen LogP contribution in [0.1, 0.15) is 33.3 Å². The van der Waals surface area contributed by atoms with Crippen molar-refractivity contribution >= 4 is 22.6 Å². The summed E-state index contributed by atoms with van der Waals surface area (Å²) >= 11 is 0. The maximum Gasteiger partial charge on any atom is 0.494 e. The first kappa shape index (κ1) is 20.0. The highest BCUT2D eigenvalue weighted by Crippen LogP contribution is 2.36. The van der Waals surface area contributed by atoms with Crippen molar-refractivity contribution in [3.63, 3.8) is 0 Å². The van der Waals surface area contributed by atoms with Crippen molar-refractivity contribution in [2.75, 3.05) is 0 Å². The van der Waals surface area contributed by atoms with Crippen LogP contribution in [0.25, 0.3) is 0 Å². The molecule has 0 saturated carbocycles. The third kappa shape index (κ3) is 4.24. The first-order valence-electron chi connectivity index (χ1n) is 8.70. The van der Waals surface area contributed by atoms with Gasteiger partial charge in [-0.1, -0.05) is 30.3 Å². The Hall–Kier alpha value is -1.74. The average molecular weight is 391 g/mol. The molecule has 2 aromatic carbocycles. The Balaban J connectivity index is 1.67. The Labute approximate surface area is 160 Å². The summed E-state index contributed by atoms with van der Waals surface area (Å²) in [6.07, 6.45) is 0. The van der Waals surface area contributed by atoms with Crippen LogP contribution >= 0.6 is 0 Å². The maximum absolute atomic E-state index is 13.2. The molecule has 5 nitrogen and oxygen atoms in total. The van der Waals surface area contributed by atoms with Gasteiger partial charge in [-0.3, -0.25) is 0 Å². The molecule has 3 rings (SSSR count). The van der Waals surface area contributed by atoms with Gasteiger partial charge in [-0.05, 0) is 56.9 Å². The molecule has 8 heteroatoms. The Morgan fingerprint density at radius 3 is 2.15 bits per heavy atom. The van der Waals surface area contributed by atoms with Crippen molar-refractivity contribution in [1.29, 1.82) is 0 Å². The number of nitrogens with one attached hydrogen (secondary N) is 1. The molecule has 1 saturated heterocycles. The van der Waals surface area contributed by atoms with E-state index in [1.54, 1.807) is 0 Å². The molecule has 1 fully saturated rings. The molecule has 144 valence electrons. The van der Waals surface area contributed by atoms with Crippen LogP contribution in [0.3, 0.4) is 0 Å². The van der Waals surface area contributed by atoms with E-state index in [-0.39, 0.29) is 11.4 Å². The van der Waals surface area contributed by atoms with Crippen LogP contribution in [0.5, 0.6) is 0 Å². The summed E-state index contributed by atoms with van der Waals surface area (Å²) in [6.45, 7) is 8.05. The Morgan fingerprint density at radius 1 is 1.00 bits per heavy atom. The third-order valence-electron chi connectivity index (χ3n) is 5.08. The molecule has 1 N–H and O–H groups in total. The normalized spacial score (nSPS) is 18.6. The van der Waals surface area contributed by atoms with Gasteiger partial charge in [-0.15, -0.1) is 0 Å². The number of rotatable bonds is 5. The van der Waals surface area contributed by atoms with Crippen molar-refractivity contribution in [2.45, 2.75) is 50.3 Å². The molecular formula is C19H23BFNO4S. The molecule has 2 aromatic rings. The van der Waals surface area contributed by atoms with Gasteiger partial charge in [-0.25, -0.2) is 17.5 Å². The Kier molecular flexibility index (Phi) is 5.20. The van der Waals surface area contributed by atoms with E-state index < -0.39 is 34.2 Å². The molecule has 27 heavy (non-hydrogen) atoms. The standard InChI is InChI=1S/C19H23BFNO4S/c1-18(2)19(3,4)26-20(25-18)15-10-8-14(9-11-15)13-22-27(23,24)17-7-5-6-16(21)12-17/h5-12,22H,13H2,1-4H3. The zero-order valence-corrected chi connectivity index (χ0v) is 16.6. The van der Waals surface area contributed by atoms with Gasteiger partial charge < -0.3 is 9.31 Å². The highest BCUT2D eigenvalue weighted by atomic mass is 32.2. The van der Waals surface area contributed by atoms with Crippen LogP contribution < -0.4 is 10.2 Å². The van der Waals surface area contributed by atoms with E-state index in [2.05, 4.69) is 4.72 Å². The highest BCUT2D eigenvalue weighted by Gasteiger charge is 2.51. The summed E-state index contributed by atoms with van der Waals surface area (Å²) < 4.78 is 52.2. The third-order valence-corrected chi connectivity index (χ3v) is 6.48. The van der Waals surface area contributed by atoms with Gasteiger partial charge in [0.2, 0.25) is 10.0 Å². The lowest BCUT2D eigenvalue weighted by atomic mass is 9.79. The minimum Gasteiger partial charge on any atom is -0.399 e. The fourth-order valence-corrected chi connectivity index (χ4v) is 3.72. The molecule has 1 heterocycles. The lowest BCUT2D eigenvalue weighted by Gasteiger charge is -2.32. The summed E-state index contributed by atoms with van der Waals surface area (Å²) in [5, 5.41) is 0. The second-order valence-corrected chi connectivity index (χ2v) is 9.38. The van der Waals surface area contributed by atoms with Gasteiger partial charge in [0.25, 0.3) is 0 Å². The number of hydrogen-bond donors (Lipinski definition) is 1. The van der Waals surface area contributed by atoms with Crippen LogP contribution in [-0.4, -0.2) is 26.7 Å². The summed E-state index contributed by atoms with van der Waals surface area (Å²) in [5.41, 5.74) is 0.800. The number of benzene rings is 2. The maximum atomic E-state index is 13.2. The smallest absolute Gasteiger partial charge is 0.399 e. The number of halogens is 1. The molecule has 0 spiro atoms. The van der Waals surface area contributed by atoms with E-state index in [0.717, 1.165) is 17.1 Å². The summed E-state index contributed by atoms with van der Waals surface area (Å²) in [7, 11) is -4.24. The number of sulfonamides is 1.